The van der Waals surface area contributed by atoms with Gasteiger partial charge in [-0.15, -0.1) is 0 Å². The second-order valence-electron chi connectivity index (χ2n) is 3.92. The van der Waals surface area contributed by atoms with Crippen molar-refractivity contribution in [2.75, 3.05) is 27.4 Å². The van der Waals surface area contributed by atoms with Crippen molar-refractivity contribution in [1.82, 2.24) is 5.32 Å². The average molecular weight is 340 g/mol. The number of benzene rings is 1. The van der Waals surface area contributed by atoms with E-state index in [4.69, 9.17) is 14.6 Å². The van der Waals surface area contributed by atoms with Gasteiger partial charge in [0.25, 0.3) is 5.92 Å². The molecule has 0 amide bonds. The third-order valence-electron chi connectivity index (χ3n) is 2.48. The maximum atomic E-state index is 12.9. The minimum Gasteiger partial charge on any atom is -0.493 e. The van der Waals surface area contributed by atoms with Gasteiger partial charge in [-0.1, -0.05) is 15.9 Å². The van der Waals surface area contributed by atoms with Crippen molar-refractivity contribution >= 4 is 15.9 Å². The quantitative estimate of drug-likeness (QED) is 0.799. The Balaban J connectivity index is 2.73. The van der Waals surface area contributed by atoms with Crippen LogP contribution in [0.3, 0.4) is 0 Å². The Morgan fingerprint density at radius 3 is 2.37 bits per heavy atom. The topological polar surface area (TPSA) is 50.7 Å². The fourth-order valence-corrected chi connectivity index (χ4v) is 1.93. The predicted octanol–water partition coefficient (Wildman–Crippen LogP) is 2.18. The highest BCUT2D eigenvalue weighted by Gasteiger charge is 2.26. The van der Waals surface area contributed by atoms with Gasteiger partial charge >= 0.3 is 0 Å². The molecule has 0 saturated carbocycles. The summed E-state index contributed by atoms with van der Waals surface area (Å²) in [5.74, 6) is -2.04. The fourth-order valence-electron chi connectivity index (χ4n) is 1.47. The molecule has 0 radical (unpaired) electrons. The molecular weight excluding hydrogens is 324 g/mol. The van der Waals surface area contributed by atoms with Crippen molar-refractivity contribution in [3.63, 3.8) is 0 Å². The zero-order chi connectivity index (χ0) is 14.5. The van der Waals surface area contributed by atoms with Gasteiger partial charge in [-0.2, -0.15) is 0 Å². The van der Waals surface area contributed by atoms with Crippen LogP contribution in [0, 0.1) is 0 Å². The molecular formula is C12H16BrF2NO3. The monoisotopic (exact) mass is 339 g/mol. The summed E-state index contributed by atoms with van der Waals surface area (Å²) in [4.78, 5) is 0. The maximum absolute atomic E-state index is 12.9. The van der Waals surface area contributed by atoms with Gasteiger partial charge in [0.15, 0.2) is 11.5 Å². The maximum Gasteiger partial charge on any atom is 0.282 e. The molecule has 0 aliphatic rings. The SMILES string of the molecule is COc1cc(Br)c(CNCC(F)(F)CO)cc1OC. The predicted molar refractivity (Wildman–Crippen MR) is 71.0 cm³/mol. The van der Waals surface area contributed by atoms with Crippen LogP contribution >= 0.6 is 15.9 Å². The van der Waals surface area contributed by atoms with E-state index < -0.39 is 19.1 Å². The summed E-state index contributed by atoms with van der Waals surface area (Å²) >= 11 is 3.34. The van der Waals surface area contributed by atoms with Crippen LogP contribution < -0.4 is 14.8 Å². The van der Waals surface area contributed by atoms with Crippen LogP contribution in [0.5, 0.6) is 11.5 Å². The largest absolute Gasteiger partial charge is 0.493 e. The highest BCUT2D eigenvalue weighted by molar-refractivity contribution is 9.10. The number of nitrogens with one attached hydrogen (secondary N) is 1. The molecule has 108 valence electrons. The second-order valence-corrected chi connectivity index (χ2v) is 4.77. The number of halogens is 3. The first-order valence-electron chi connectivity index (χ1n) is 5.53. The van der Waals surface area contributed by atoms with Crippen molar-refractivity contribution in [1.29, 1.82) is 0 Å². The van der Waals surface area contributed by atoms with E-state index in [1.165, 1.54) is 14.2 Å². The van der Waals surface area contributed by atoms with E-state index in [2.05, 4.69) is 21.2 Å². The number of aliphatic hydroxyl groups excluding tert-OH is 1. The highest BCUT2D eigenvalue weighted by atomic mass is 79.9. The summed E-state index contributed by atoms with van der Waals surface area (Å²) in [5.41, 5.74) is 0.756. The Hall–Kier alpha value is -0.920. The summed E-state index contributed by atoms with van der Waals surface area (Å²) in [6.07, 6.45) is 0. The van der Waals surface area contributed by atoms with Crippen LogP contribution in [0.2, 0.25) is 0 Å². The molecule has 0 unspecified atom stereocenters. The molecule has 2 N–H and O–H groups in total. The standard InChI is InChI=1S/C12H16BrF2NO3/c1-18-10-3-8(9(13)4-11(10)19-2)5-16-6-12(14,15)7-17/h3-4,16-17H,5-7H2,1-2H3. The molecule has 0 aliphatic heterocycles. The van der Waals surface area contributed by atoms with Gasteiger partial charge in [0, 0.05) is 11.0 Å². The molecule has 0 fully saturated rings. The summed E-state index contributed by atoms with van der Waals surface area (Å²) in [7, 11) is 3.02. The Morgan fingerprint density at radius 2 is 1.84 bits per heavy atom. The molecule has 7 heteroatoms. The lowest BCUT2D eigenvalue weighted by Crippen LogP contribution is -2.35. The van der Waals surface area contributed by atoms with Gasteiger partial charge in [0.1, 0.15) is 6.61 Å². The van der Waals surface area contributed by atoms with Crippen LogP contribution in [-0.2, 0) is 6.54 Å². The number of rotatable bonds is 7. The molecule has 0 atom stereocenters. The number of ether oxygens (including phenoxy) is 2. The van der Waals surface area contributed by atoms with Crippen molar-refractivity contribution in [2.45, 2.75) is 12.5 Å². The number of hydrogen-bond acceptors (Lipinski definition) is 4. The third-order valence-corrected chi connectivity index (χ3v) is 3.22. The van der Waals surface area contributed by atoms with Crippen LogP contribution in [0.1, 0.15) is 5.56 Å². The first-order chi connectivity index (χ1) is 8.93. The lowest BCUT2D eigenvalue weighted by atomic mass is 10.2. The van der Waals surface area contributed by atoms with Gasteiger partial charge < -0.3 is 19.9 Å². The molecule has 1 aromatic carbocycles. The van der Waals surface area contributed by atoms with E-state index in [0.29, 0.717) is 11.5 Å². The second kappa shape index (κ2) is 7.02. The van der Waals surface area contributed by atoms with Crippen LogP contribution in [-0.4, -0.2) is 38.4 Å². The molecule has 0 heterocycles. The van der Waals surface area contributed by atoms with E-state index in [-0.39, 0.29) is 6.54 Å². The van der Waals surface area contributed by atoms with Gasteiger partial charge in [-0.05, 0) is 17.7 Å². The molecule has 1 aromatic rings. The zero-order valence-corrected chi connectivity index (χ0v) is 12.3. The van der Waals surface area contributed by atoms with Crippen molar-refractivity contribution in [2.24, 2.45) is 0 Å². The smallest absolute Gasteiger partial charge is 0.282 e. The summed E-state index contributed by atoms with van der Waals surface area (Å²) in [6, 6.07) is 3.41. The number of aliphatic hydroxyl groups is 1. The number of methoxy groups -OCH3 is 2. The third kappa shape index (κ3) is 4.59. The van der Waals surface area contributed by atoms with Crippen LogP contribution in [0.4, 0.5) is 8.78 Å². The molecule has 0 spiro atoms. The lowest BCUT2D eigenvalue weighted by molar-refractivity contribution is -0.0477. The van der Waals surface area contributed by atoms with E-state index in [1.807, 2.05) is 0 Å². The first-order valence-corrected chi connectivity index (χ1v) is 6.32. The number of hydrogen-bond donors (Lipinski definition) is 2. The van der Waals surface area contributed by atoms with Crippen LogP contribution in [0.15, 0.2) is 16.6 Å². The van der Waals surface area contributed by atoms with E-state index in [9.17, 15) is 8.78 Å². The molecule has 4 nitrogen and oxygen atoms in total. The highest BCUT2D eigenvalue weighted by Crippen LogP contribution is 2.33. The van der Waals surface area contributed by atoms with Gasteiger partial charge in [0.2, 0.25) is 0 Å². The Bertz CT molecular complexity index is 430. The zero-order valence-electron chi connectivity index (χ0n) is 10.7. The Kier molecular flexibility index (Phi) is 5.96. The van der Waals surface area contributed by atoms with Crippen molar-refractivity contribution in [3.8, 4) is 11.5 Å². The van der Waals surface area contributed by atoms with Crippen molar-refractivity contribution in [3.05, 3.63) is 22.2 Å². The Morgan fingerprint density at radius 1 is 1.26 bits per heavy atom. The first kappa shape index (κ1) is 16.1. The molecule has 0 saturated heterocycles. The molecule has 0 aliphatic carbocycles. The lowest BCUT2D eigenvalue weighted by Gasteiger charge is -2.15. The average Bonchev–Trinajstić information content (AvgIpc) is 2.40. The molecule has 1 rings (SSSR count). The summed E-state index contributed by atoms with van der Waals surface area (Å²) < 4.78 is 36.7. The van der Waals surface area contributed by atoms with E-state index in [0.717, 1.165) is 10.0 Å². The number of alkyl halides is 2. The Labute approximate surface area is 118 Å². The van der Waals surface area contributed by atoms with Crippen LogP contribution in [0.25, 0.3) is 0 Å². The minimum atomic E-state index is -3.12. The van der Waals surface area contributed by atoms with E-state index >= 15 is 0 Å². The fraction of sp³-hybridized carbons (Fsp3) is 0.500. The van der Waals surface area contributed by atoms with Crippen molar-refractivity contribution < 1.29 is 23.4 Å². The molecule has 19 heavy (non-hydrogen) atoms. The van der Waals surface area contributed by atoms with Gasteiger partial charge in [-0.3, -0.25) is 0 Å². The van der Waals surface area contributed by atoms with Gasteiger partial charge in [-0.25, -0.2) is 8.78 Å². The molecule has 0 aromatic heterocycles. The summed E-state index contributed by atoms with van der Waals surface area (Å²) in [6.45, 7) is -1.55. The molecule has 0 bridgehead atoms. The van der Waals surface area contributed by atoms with E-state index in [1.54, 1.807) is 12.1 Å². The van der Waals surface area contributed by atoms with Gasteiger partial charge in [0.05, 0.1) is 20.8 Å². The normalized spacial score (nSPS) is 11.5. The summed E-state index contributed by atoms with van der Waals surface area (Å²) in [5, 5.41) is 11.0. The minimum absolute atomic E-state index is 0.219.